The molecule has 0 spiro atoms. The highest BCUT2D eigenvalue weighted by Crippen LogP contribution is 2.25. The van der Waals surface area contributed by atoms with Crippen molar-refractivity contribution >= 4 is 11.6 Å². The molecule has 1 unspecified atom stereocenters. The van der Waals surface area contributed by atoms with Gasteiger partial charge < -0.3 is 5.11 Å². The van der Waals surface area contributed by atoms with Crippen LogP contribution in [0.1, 0.15) is 17.2 Å². The van der Waals surface area contributed by atoms with Gasteiger partial charge in [-0.3, -0.25) is 0 Å². The standard InChI is InChI=1S/C14H11ClF2O/c15-11-6-2-1-4-9(11)8-13(18)10-5-3-7-12(16)14(10)17/h1-7,13,18H,8H2. The zero-order valence-electron chi connectivity index (χ0n) is 9.41. The third-order valence-electron chi connectivity index (χ3n) is 2.71. The highest BCUT2D eigenvalue weighted by molar-refractivity contribution is 6.31. The van der Waals surface area contributed by atoms with Crippen molar-refractivity contribution in [1.29, 1.82) is 0 Å². The summed E-state index contributed by atoms with van der Waals surface area (Å²) in [4.78, 5) is 0. The summed E-state index contributed by atoms with van der Waals surface area (Å²) in [5.41, 5.74) is 0.630. The van der Waals surface area contributed by atoms with Crippen LogP contribution in [0.5, 0.6) is 0 Å². The highest BCUT2D eigenvalue weighted by atomic mass is 35.5. The summed E-state index contributed by atoms with van der Waals surface area (Å²) in [6.07, 6.45) is -0.986. The molecule has 0 aliphatic carbocycles. The average Bonchev–Trinajstić information content (AvgIpc) is 2.35. The fraction of sp³-hybridized carbons (Fsp3) is 0.143. The Labute approximate surface area is 109 Å². The molecule has 0 aliphatic rings. The zero-order chi connectivity index (χ0) is 13.1. The molecule has 0 bridgehead atoms. The minimum Gasteiger partial charge on any atom is -0.388 e. The summed E-state index contributed by atoms with van der Waals surface area (Å²) in [6.45, 7) is 0. The van der Waals surface area contributed by atoms with Crippen LogP contribution in [-0.4, -0.2) is 5.11 Å². The molecule has 2 aromatic rings. The van der Waals surface area contributed by atoms with E-state index in [1.165, 1.54) is 12.1 Å². The lowest BCUT2D eigenvalue weighted by Crippen LogP contribution is -2.06. The molecule has 1 N–H and O–H groups in total. The lowest BCUT2D eigenvalue weighted by atomic mass is 10.0. The molecule has 2 aromatic carbocycles. The maximum Gasteiger partial charge on any atom is 0.164 e. The van der Waals surface area contributed by atoms with Gasteiger partial charge in [0, 0.05) is 17.0 Å². The number of benzene rings is 2. The molecule has 0 fully saturated rings. The van der Waals surface area contributed by atoms with E-state index in [9.17, 15) is 13.9 Å². The van der Waals surface area contributed by atoms with Crippen molar-refractivity contribution in [3.8, 4) is 0 Å². The maximum absolute atomic E-state index is 13.5. The molecule has 0 amide bonds. The second-order valence-electron chi connectivity index (χ2n) is 3.95. The van der Waals surface area contributed by atoms with Crippen LogP contribution >= 0.6 is 11.6 Å². The van der Waals surface area contributed by atoms with E-state index in [0.29, 0.717) is 10.6 Å². The van der Waals surface area contributed by atoms with Gasteiger partial charge in [0.25, 0.3) is 0 Å². The van der Waals surface area contributed by atoms with Crippen LogP contribution < -0.4 is 0 Å². The largest absolute Gasteiger partial charge is 0.388 e. The summed E-state index contributed by atoms with van der Waals surface area (Å²) in [5, 5.41) is 10.4. The molecule has 0 saturated carbocycles. The van der Waals surface area contributed by atoms with Crippen molar-refractivity contribution in [1.82, 2.24) is 0 Å². The summed E-state index contributed by atoms with van der Waals surface area (Å²) in [5.74, 6) is -1.98. The van der Waals surface area contributed by atoms with Crippen molar-refractivity contribution in [2.45, 2.75) is 12.5 Å². The number of hydrogen-bond donors (Lipinski definition) is 1. The second-order valence-corrected chi connectivity index (χ2v) is 4.36. The molecule has 1 nitrogen and oxygen atoms in total. The van der Waals surface area contributed by atoms with Gasteiger partial charge in [-0.1, -0.05) is 41.9 Å². The summed E-state index contributed by atoms with van der Waals surface area (Å²) >= 11 is 5.95. The lowest BCUT2D eigenvalue weighted by Gasteiger charge is -2.13. The predicted octanol–water partition coefficient (Wildman–Crippen LogP) is 3.89. The summed E-state index contributed by atoms with van der Waals surface area (Å²) < 4.78 is 26.5. The van der Waals surface area contributed by atoms with E-state index in [-0.39, 0.29) is 12.0 Å². The zero-order valence-corrected chi connectivity index (χ0v) is 10.2. The van der Waals surface area contributed by atoms with Crippen LogP contribution in [0.3, 0.4) is 0 Å². The van der Waals surface area contributed by atoms with Gasteiger partial charge in [-0.05, 0) is 17.7 Å². The summed E-state index contributed by atoms with van der Waals surface area (Å²) in [6, 6.07) is 10.7. The molecule has 0 saturated heterocycles. The Bertz CT molecular complexity index is 557. The Morgan fingerprint density at radius 2 is 1.78 bits per heavy atom. The lowest BCUT2D eigenvalue weighted by molar-refractivity contribution is 0.172. The third-order valence-corrected chi connectivity index (χ3v) is 3.08. The van der Waals surface area contributed by atoms with Crippen LogP contribution in [0.4, 0.5) is 8.78 Å². The molecule has 94 valence electrons. The van der Waals surface area contributed by atoms with E-state index < -0.39 is 17.7 Å². The molecular formula is C14H11ClF2O. The van der Waals surface area contributed by atoms with Gasteiger partial charge >= 0.3 is 0 Å². The molecular weight excluding hydrogens is 258 g/mol. The number of halogens is 3. The van der Waals surface area contributed by atoms with Gasteiger partial charge in [0.05, 0.1) is 6.10 Å². The van der Waals surface area contributed by atoms with E-state index in [2.05, 4.69) is 0 Å². The van der Waals surface area contributed by atoms with Gasteiger partial charge in [-0.2, -0.15) is 0 Å². The Morgan fingerprint density at radius 1 is 1.06 bits per heavy atom. The number of aliphatic hydroxyl groups is 1. The minimum absolute atomic E-state index is 0.0603. The Kier molecular flexibility index (Phi) is 3.94. The molecule has 18 heavy (non-hydrogen) atoms. The van der Waals surface area contributed by atoms with Crippen LogP contribution in [-0.2, 0) is 6.42 Å². The normalized spacial score (nSPS) is 12.4. The third kappa shape index (κ3) is 2.68. The predicted molar refractivity (Wildman–Crippen MR) is 66.5 cm³/mol. The van der Waals surface area contributed by atoms with Gasteiger partial charge in [-0.15, -0.1) is 0 Å². The monoisotopic (exact) mass is 268 g/mol. The van der Waals surface area contributed by atoms with E-state index in [1.54, 1.807) is 24.3 Å². The van der Waals surface area contributed by atoms with E-state index in [0.717, 1.165) is 6.07 Å². The molecule has 0 heterocycles. The van der Waals surface area contributed by atoms with Crippen molar-refractivity contribution < 1.29 is 13.9 Å². The van der Waals surface area contributed by atoms with Crippen molar-refractivity contribution in [2.24, 2.45) is 0 Å². The van der Waals surface area contributed by atoms with Crippen molar-refractivity contribution in [2.75, 3.05) is 0 Å². The van der Waals surface area contributed by atoms with E-state index >= 15 is 0 Å². The Balaban J connectivity index is 2.25. The number of rotatable bonds is 3. The Morgan fingerprint density at radius 3 is 2.50 bits per heavy atom. The first kappa shape index (κ1) is 13.0. The fourth-order valence-electron chi connectivity index (χ4n) is 1.76. The van der Waals surface area contributed by atoms with Crippen LogP contribution in [0.15, 0.2) is 42.5 Å². The van der Waals surface area contributed by atoms with Crippen LogP contribution in [0, 0.1) is 11.6 Å². The van der Waals surface area contributed by atoms with Gasteiger partial charge in [0.15, 0.2) is 11.6 Å². The highest BCUT2D eigenvalue weighted by Gasteiger charge is 2.17. The molecule has 0 aromatic heterocycles. The van der Waals surface area contributed by atoms with E-state index in [4.69, 9.17) is 11.6 Å². The molecule has 4 heteroatoms. The molecule has 1 atom stereocenters. The number of aliphatic hydroxyl groups excluding tert-OH is 1. The van der Waals surface area contributed by atoms with Crippen LogP contribution in [0.25, 0.3) is 0 Å². The first-order chi connectivity index (χ1) is 8.59. The molecule has 0 aliphatic heterocycles. The Hall–Kier alpha value is -1.45. The van der Waals surface area contributed by atoms with Crippen LogP contribution in [0.2, 0.25) is 5.02 Å². The molecule has 0 radical (unpaired) electrons. The average molecular weight is 269 g/mol. The molecule has 2 rings (SSSR count). The maximum atomic E-state index is 13.5. The first-order valence-electron chi connectivity index (χ1n) is 5.45. The quantitative estimate of drug-likeness (QED) is 0.895. The first-order valence-corrected chi connectivity index (χ1v) is 5.82. The summed E-state index contributed by atoms with van der Waals surface area (Å²) in [7, 11) is 0. The topological polar surface area (TPSA) is 20.2 Å². The second kappa shape index (κ2) is 5.46. The SMILES string of the molecule is OC(Cc1ccccc1Cl)c1cccc(F)c1F. The van der Waals surface area contributed by atoms with Gasteiger partial charge in [0.2, 0.25) is 0 Å². The minimum atomic E-state index is -1.12. The smallest absolute Gasteiger partial charge is 0.164 e. The van der Waals surface area contributed by atoms with E-state index in [1.807, 2.05) is 0 Å². The van der Waals surface area contributed by atoms with Gasteiger partial charge in [-0.25, -0.2) is 8.78 Å². The fourth-order valence-corrected chi connectivity index (χ4v) is 1.97. The van der Waals surface area contributed by atoms with Crippen molar-refractivity contribution in [3.05, 3.63) is 70.2 Å². The van der Waals surface area contributed by atoms with Crippen molar-refractivity contribution in [3.63, 3.8) is 0 Å². The van der Waals surface area contributed by atoms with Gasteiger partial charge in [0.1, 0.15) is 0 Å². The number of hydrogen-bond acceptors (Lipinski definition) is 1.